The molecule has 0 aliphatic rings. The molecule has 162 valence electrons. The third kappa shape index (κ3) is 7.05. The topological polar surface area (TPSA) is 69.0 Å². The maximum absolute atomic E-state index is 12.3. The van der Waals surface area contributed by atoms with Crippen LogP contribution in [0.1, 0.15) is 11.4 Å². The highest BCUT2D eigenvalue weighted by molar-refractivity contribution is 7.99. The molecule has 0 aliphatic heterocycles. The summed E-state index contributed by atoms with van der Waals surface area (Å²) in [5, 5.41) is 12.9. The number of nitrogens with one attached hydrogen (secondary N) is 1. The van der Waals surface area contributed by atoms with Crippen LogP contribution in [0.4, 0.5) is 5.69 Å². The van der Waals surface area contributed by atoms with Crippen molar-refractivity contribution in [2.75, 3.05) is 18.2 Å². The summed E-state index contributed by atoms with van der Waals surface area (Å²) in [7, 11) is 1.61. The molecule has 0 atom stereocenters. The number of aromatic nitrogens is 3. The molecule has 1 heterocycles. The number of nitrogens with zero attached hydrogens (tertiary/aromatic N) is 3. The molecule has 0 spiro atoms. The Labute approximate surface area is 195 Å². The Morgan fingerprint density at radius 1 is 1.16 bits per heavy atom. The second-order valence-corrected chi connectivity index (χ2v) is 8.85. The summed E-state index contributed by atoms with van der Waals surface area (Å²) in [5.74, 6) is 3.29. The van der Waals surface area contributed by atoms with Crippen LogP contribution in [0, 0.1) is 0 Å². The number of thioether (sulfide) groups is 2. The third-order valence-corrected chi connectivity index (χ3v) is 6.44. The molecule has 3 rings (SSSR count). The van der Waals surface area contributed by atoms with Gasteiger partial charge in [-0.15, -0.1) is 28.5 Å². The highest BCUT2D eigenvalue weighted by atomic mass is 35.5. The normalized spacial score (nSPS) is 10.6. The van der Waals surface area contributed by atoms with E-state index in [4.69, 9.17) is 16.3 Å². The highest BCUT2D eigenvalue weighted by Gasteiger charge is 2.14. The average Bonchev–Trinajstić information content (AvgIpc) is 3.16. The Balaban J connectivity index is 1.54. The fourth-order valence-corrected chi connectivity index (χ4v) is 4.51. The SMILES string of the molecule is C=CCn1c(CSCc2ccc(Cl)cc2)nnc1SCC(=O)Nc1ccc(OC)cc1. The Morgan fingerprint density at radius 2 is 1.90 bits per heavy atom. The smallest absolute Gasteiger partial charge is 0.234 e. The number of rotatable bonds is 11. The Bertz CT molecular complexity index is 1010. The minimum Gasteiger partial charge on any atom is -0.497 e. The molecule has 1 N–H and O–H groups in total. The lowest BCUT2D eigenvalue weighted by Gasteiger charge is -2.08. The minimum atomic E-state index is -0.109. The Morgan fingerprint density at radius 3 is 2.58 bits per heavy atom. The zero-order valence-electron chi connectivity index (χ0n) is 17.1. The average molecular weight is 475 g/mol. The molecule has 0 radical (unpaired) electrons. The minimum absolute atomic E-state index is 0.109. The van der Waals surface area contributed by atoms with E-state index in [2.05, 4.69) is 22.1 Å². The summed E-state index contributed by atoms with van der Waals surface area (Å²) < 4.78 is 7.12. The van der Waals surface area contributed by atoms with Crippen molar-refractivity contribution in [3.05, 3.63) is 77.6 Å². The first-order chi connectivity index (χ1) is 15.1. The summed E-state index contributed by atoms with van der Waals surface area (Å²) in [4.78, 5) is 12.3. The molecule has 0 aliphatic carbocycles. The van der Waals surface area contributed by atoms with Crippen LogP contribution in [0.25, 0.3) is 0 Å². The molecular weight excluding hydrogens is 452 g/mol. The number of ether oxygens (including phenoxy) is 1. The maximum atomic E-state index is 12.3. The summed E-state index contributed by atoms with van der Waals surface area (Å²) >= 11 is 9.04. The van der Waals surface area contributed by atoms with Gasteiger partial charge < -0.3 is 14.6 Å². The van der Waals surface area contributed by atoms with E-state index < -0.39 is 0 Å². The van der Waals surface area contributed by atoms with Crippen molar-refractivity contribution in [2.24, 2.45) is 0 Å². The molecule has 0 bridgehead atoms. The molecule has 9 heteroatoms. The number of anilines is 1. The van der Waals surface area contributed by atoms with Gasteiger partial charge in [-0.2, -0.15) is 0 Å². The van der Waals surface area contributed by atoms with Gasteiger partial charge in [-0.1, -0.05) is 41.6 Å². The predicted octanol–water partition coefficient (Wildman–Crippen LogP) is 5.29. The van der Waals surface area contributed by atoms with E-state index in [1.54, 1.807) is 49.2 Å². The molecule has 1 amide bonds. The van der Waals surface area contributed by atoms with E-state index in [1.165, 1.54) is 17.3 Å². The molecular formula is C22H23ClN4O2S2. The number of benzene rings is 2. The van der Waals surface area contributed by atoms with E-state index in [-0.39, 0.29) is 11.7 Å². The van der Waals surface area contributed by atoms with Crippen LogP contribution in [0.5, 0.6) is 5.75 Å². The van der Waals surface area contributed by atoms with Gasteiger partial charge in [-0.05, 0) is 42.0 Å². The van der Waals surface area contributed by atoms with Crippen molar-refractivity contribution >= 4 is 46.7 Å². The molecule has 2 aromatic carbocycles. The number of carbonyl (C=O) groups is 1. The Kier molecular flexibility index (Phi) is 8.87. The summed E-state index contributed by atoms with van der Waals surface area (Å²) in [6, 6.07) is 15.0. The fraction of sp³-hybridized carbons (Fsp3) is 0.227. The first kappa shape index (κ1) is 23.2. The molecule has 3 aromatic rings. The molecule has 6 nitrogen and oxygen atoms in total. The summed E-state index contributed by atoms with van der Waals surface area (Å²) in [6.45, 7) is 4.41. The van der Waals surface area contributed by atoms with Gasteiger partial charge in [0.15, 0.2) is 5.16 Å². The van der Waals surface area contributed by atoms with E-state index in [9.17, 15) is 4.79 Å². The number of allylic oxidation sites excluding steroid dienone is 1. The molecule has 0 fully saturated rings. The number of hydrogen-bond acceptors (Lipinski definition) is 6. The number of hydrogen-bond donors (Lipinski definition) is 1. The lowest BCUT2D eigenvalue weighted by atomic mass is 10.2. The quantitative estimate of drug-likeness (QED) is 0.301. The van der Waals surface area contributed by atoms with Crippen LogP contribution in [-0.4, -0.2) is 33.5 Å². The summed E-state index contributed by atoms with van der Waals surface area (Å²) in [5.41, 5.74) is 1.92. The van der Waals surface area contributed by atoms with E-state index in [1.807, 2.05) is 28.8 Å². The lowest BCUT2D eigenvalue weighted by Crippen LogP contribution is -2.14. The van der Waals surface area contributed by atoms with Gasteiger partial charge in [0, 0.05) is 23.0 Å². The van der Waals surface area contributed by atoms with Crippen LogP contribution in [0.3, 0.4) is 0 Å². The van der Waals surface area contributed by atoms with Crippen LogP contribution >= 0.6 is 35.1 Å². The summed E-state index contributed by atoms with van der Waals surface area (Å²) in [6.07, 6.45) is 1.80. The van der Waals surface area contributed by atoms with Gasteiger partial charge >= 0.3 is 0 Å². The number of methoxy groups -OCH3 is 1. The van der Waals surface area contributed by atoms with E-state index in [0.717, 1.165) is 28.0 Å². The zero-order chi connectivity index (χ0) is 22.1. The molecule has 0 unspecified atom stereocenters. The van der Waals surface area contributed by atoms with Gasteiger partial charge in [0.05, 0.1) is 18.6 Å². The fourth-order valence-electron chi connectivity index (χ4n) is 2.69. The molecule has 0 saturated heterocycles. The third-order valence-electron chi connectivity index (χ3n) is 4.22. The largest absolute Gasteiger partial charge is 0.497 e. The van der Waals surface area contributed by atoms with Gasteiger partial charge in [0.2, 0.25) is 5.91 Å². The number of halogens is 1. The van der Waals surface area contributed by atoms with E-state index >= 15 is 0 Å². The van der Waals surface area contributed by atoms with Crippen molar-refractivity contribution in [2.45, 2.75) is 23.2 Å². The maximum Gasteiger partial charge on any atom is 0.234 e. The number of carbonyl (C=O) groups excluding carboxylic acids is 1. The van der Waals surface area contributed by atoms with Crippen molar-refractivity contribution in [3.63, 3.8) is 0 Å². The van der Waals surface area contributed by atoms with E-state index in [0.29, 0.717) is 17.5 Å². The monoisotopic (exact) mass is 474 g/mol. The van der Waals surface area contributed by atoms with Crippen LogP contribution in [0.15, 0.2) is 66.3 Å². The zero-order valence-corrected chi connectivity index (χ0v) is 19.5. The number of amides is 1. The van der Waals surface area contributed by atoms with Crippen LogP contribution in [0.2, 0.25) is 5.02 Å². The lowest BCUT2D eigenvalue weighted by molar-refractivity contribution is -0.113. The van der Waals surface area contributed by atoms with Gasteiger partial charge in [-0.25, -0.2) is 0 Å². The van der Waals surface area contributed by atoms with Crippen molar-refractivity contribution in [1.82, 2.24) is 14.8 Å². The van der Waals surface area contributed by atoms with Crippen molar-refractivity contribution in [1.29, 1.82) is 0 Å². The van der Waals surface area contributed by atoms with Crippen LogP contribution in [-0.2, 0) is 22.8 Å². The molecule has 1 aromatic heterocycles. The van der Waals surface area contributed by atoms with Gasteiger partial charge in [0.25, 0.3) is 0 Å². The molecule has 31 heavy (non-hydrogen) atoms. The second-order valence-electron chi connectivity index (χ2n) is 6.48. The first-order valence-electron chi connectivity index (χ1n) is 9.51. The van der Waals surface area contributed by atoms with Gasteiger partial charge in [0.1, 0.15) is 11.6 Å². The van der Waals surface area contributed by atoms with Crippen molar-refractivity contribution < 1.29 is 9.53 Å². The predicted molar refractivity (Wildman–Crippen MR) is 129 cm³/mol. The molecule has 0 saturated carbocycles. The van der Waals surface area contributed by atoms with Crippen molar-refractivity contribution in [3.8, 4) is 5.75 Å². The first-order valence-corrected chi connectivity index (χ1v) is 12.0. The standard InChI is InChI=1S/C22H23ClN4O2S2/c1-3-12-27-20(14-30-13-16-4-6-17(23)7-5-16)25-26-22(27)31-15-21(28)24-18-8-10-19(29-2)11-9-18/h3-11H,1,12-15H2,2H3,(H,24,28). The van der Waals surface area contributed by atoms with Gasteiger partial charge in [-0.3, -0.25) is 4.79 Å². The Hall–Kier alpha value is -2.42. The second kappa shape index (κ2) is 11.8. The highest BCUT2D eigenvalue weighted by Crippen LogP contribution is 2.23. The van der Waals surface area contributed by atoms with Crippen LogP contribution < -0.4 is 10.1 Å².